The van der Waals surface area contributed by atoms with E-state index in [1.807, 2.05) is 68.1 Å². The number of carbonyl (C=O) groups excluding carboxylic acids is 1. The van der Waals surface area contributed by atoms with Crippen molar-refractivity contribution in [1.29, 1.82) is 0 Å². The first-order valence-corrected chi connectivity index (χ1v) is 9.29. The molecule has 2 rings (SSSR count). The van der Waals surface area contributed by atoms with Crippen molar-refractivity contribution in [2.24, 2.45) is 0 Å². The Morgan fingerprint density at radius 2 is 1.81 bits per heavy atom. The van der Waals surface area contributed by atoms with Gasteiger partial charge in [-0.1, -0.05) is 41.9 Å². The van der Waals surface area contributed by atoms with E-state index in [1.54, 1.807) is 12.1 Å². The van der Waals surface area contributed by atoms with Crippen LogP contribution < -0.4 is 10.2 Å². The maximum absolute atomic E-state index is 13.7. The van der Waals surface area contributed by atoms with Crippen LogP contribution in [0.2, 0.25) is 5.02 Å². The normalized spacial score (nSPS) is 11.5. The molecule has 0 spiro atoms. The van der Waals surface area contributed by atoms with Gasteiger partial charge < -0.3 is 15.1 Å². The van der Waals surface area contributed by atoms with Crippen LogP contribution >= 0.6 is 11.6 Å². The van der Waals surface area contributed by atoms with Gasteiger partial charge >= 0.3 is 0 Å². The second-order valence-corrected chi connectivity index (χ2v) is 7.70. The lowest BCUT2D eigenvalue weighted by atomic mass is 9.98. The summed E-state index contributed by atoms with van der Waals surface area (Å²) in [5, 5.41) is 3.02. The SMILES string of the molecule is CN(C)CCNC(=O)C(C)(C)N(Cc1ccccc1)c1ccc(F)c(Cl)c1. The van der Waals surface area contributed by atoms with E-state index in [-0.39, 0.29) is 10.9 Å². The molecule has 0 aliphatic heterocycles. The molecule has 1 N–H and O–H groups in total. The molecule has 0 heterocycles. The third-order valence-corrected chi connectivity index (χ3v) is 4.76. The average molecular weight is 392 g/mol. The second-order valence-electron chi connectivity index (χ2n) is 7.29. The fourth-order valence-electron chi connectivity index (χ4n) is 2.76. The van der Waals surface area contributed by atoms with Crippen molar-refractivity contribution in [3.8, 4) is 0 Å². The molecule has 4 nitrogen and oxygen atoms in total. The van der Waals surface area contributed by atoms with Gasteiger partial charge in [-0.05, 0) is 51.7 Å². The first-order chi connectivity index (χ1) is 12.7. The molecule has 0 aliphatic rings. The van der Waals surface area contributed by atoms with Crippen molar-refractivity contribution >= 4 is 23.2 Å². The van der Waals surface area contributed by atoms with Crippen LogP contribution in [0.25, 0.3) is 0 Å². The van der Waals surface area contributed by atoms with Gasteiger partial charge in [-0.2, -0.15) is 0 Å². The molecule has 0 fully saturated rings. The van der Waals surface area contributed by atoms with E-state index in [0.29, 0.717) is 18.8 Å². The first-order valence-electron chi connectivity index (χ1n) is 8.91. The summed E-state index contributed by atoms with van der Waals surface area (Å²) < 4.78 is 13.7. The zero-order valence-corrected chi connectivity index (χ0v) is 17.1. The van der Waals surface area contributed by atoms with E-state index in [0.717, 1.165) is 12.1 Å². The maximum Gasteiger partial charge on any atom is 0.245 e. The predicted molar refractivity (Wildman–Crippen MR) is 110 cm³/mol. The first kappa shape index (κ1) is 21.2. The lowest BCUT2D eigenvalue weighted by molar-refractivity contribution is -0.125. The number of amides is 1. The quantitative estimate of drug-likeness (QED) is 0.740. The molecule has 0 aromatic heterocycles. The van der Waals surface area contributed by atoms with Crippen LogP contribution in [-0.4, -0.2) is 43.5 Å². The van der Waals surface area contributed by atoms with Gasteiger partial charge in [-0.15, -0.1) is 0 Å². The molecule has 0 bridgehead atoms. The summed E-state index contributed by atoms with van der Waals surface area (Å²) in [7, 11) is 3.92. The Kier molecular flexibility index (Phi) is 7.22. The molecule has 27 heavy (non-hydrogen) atoms. The zero-order valence-electron chi connectivity index (χ0n) is 16.3. The fraction of sp³-hybridized carbons (Fsp3) is 0.381. The Morgan fingerprint density at radius 3 is 2.41 bits per heavy atom. The third kappa shape index (κ3) is 5.68. The molecular weight excluding hydrogens is 365 g/mol. The number of carbonyl (C=O) groups is 1. The number of halogens is 2. The number of nitrogens with zero attached hydrogens (tertiary/aromatic N) is 2. The molecule has 0 radical (unpaired) electrons. The number of anilines is 1. The molecule has 0 atom stereocenters. The van der Waals surface area contributed by atoms with E-state index < -0.39 is 11.4 Å². The minimum Gasteiger partial charge on any atom is -0.353 e. The van der Waals surface area contributed by atoms with Gasteiger partial charge in [0.1, 0.15) is 11.4 Å². The maximum atomic E-state index is 13.7. The molecule has 2 aromatic rings. The second kappa shape index (κ2) is 9.20. The van der Waals surface area contributed by atoms with Crippen LogP contribution in [0, 0.1) is 5.82 Å². The van der Waals surface area contributed by atoms with E-state index in [1.165, 1.54) is 6.07 Å². The van der Waals surface area contributed by atoms with Crippen LogP contribution in [0.3, 0.4) is 0 Å². The summed E-state index contributed by atoms with van der Waals surface area (Å²) in [6, 6.07) is 14.4. The Morgan fingerprint density at radius 1 is 1.15 bits per heavy atom. The summed E-state index contributed by atoms with van der Waals surface area (Å²) in [5.74, 6) is -0.575. The minimum absolute atomic E-state index is 0.0365. The van der Waals surface area contributed by atoms with Crippen LogP contribution in [0.1, 0.15) is 19.4 Å². The number of hydrogen-bond donors (Lipinski definition) is 1. The minimum atomic E-state index is -0.858. The van der Waals surface area contributed by atoms with Gasteiger partial charge in [0.2, 0.25) is 5.91 Å². The topological polar surface area (TPSA) is 35.6 Å². The number of hydrogen-bond acceptors (Lipinski definition) is 3. The van der Waals surface area contributed by atoms with Gasteiger partial charge in [0.25, 0.3) is 0 Å². The van der Waals surface area contributed by atoms with E-state index in [2.05, 4.69) is 5.32 Å². The van der Waals surface area contributed by atoms with Gasteiger partial charge in [0, 0.05) is 25.3 Å². The standard InChI is InChI=1S/C21H27ClFN3O/c1-21(2,20(27)24-12-13-25(3)4)26(15-16-8-6-5-7-9-16)17-10-11-19(23)18(22)14-17/h5-11,14H,12-13,15H2,1-4H3,(H,24,27). The van der Waals surface area contributed by atoms with Crippen LogP contribution in [0.15, 0.2) is 48.5 Å². The Labute approximate surface area is 165 Å². The Hall–Kier alpha value is -2.11. The summed E-state index contributed by atoms with van der Waals surface area (Å²) in [5.41, 5.74) is 0.883. The number of benzene rings is 2. The zero-order chi connectivity index (χ0) is 20.0. The summed E-state index contributed by atoms with van der Waals surface area (Å²) in [6.07, 6.45) is 0. The highest BCUT2D eigenvalue weighted by atomic mass is 35.5. The molecule has 2 aromatic carbocycles. The summed E-state index contributed by atoms with van der Waals surface area (Å²) in [6.45, 7) is 5.52. The molecule has 0 aliphatic carbocycles. The molecular formula is C21H27ClFN3O. The van der Waals surface area contributed by atoms with Crippen LogP contribution in [0.5, 0.6) is 0 Å². The molecule has 146 valence electrons. The fourth-order valence-corrected chi connectivity index (χ4v) is 2.94. The monoisotopic (exact) mass is 391 g/mol. The van der Waals surface area contributed by atoms with Crippen molar-refractivity contribution in [3.63, 3.8) is 0 Å². The van der Waals surface area contributed by atoms with Crippen LogP contribution in [0.4, 0.5) is 10.1 Å². The third-order valence-electron chi connectivity index (χ3n) is 4.47. The van der Waals surface area contributed by atoms with Crippen LogP contribution in [-0.2, 0) is 11.3 Å². The van der Waals surface area contributed by atoms with Gasteiger partial charge in [-0.3, -0.25) is 4.79 Å². The lowest BCUT2D eigenvalue weighted by Crippen LogP contribution is -2.55. The van der Waals surface area contributed by atoms with Crippen molar-refractivity contribution in [1.82, 2.24) is 10.2 Å². The Bertz CT molecular complexity index is 765. The number of likely N-dealkylation sites (N-methyl/N-ethyl adjacent to an activating group) is 1. The highest BCUT2D eigenvalue weighted by molar-refractivity contribution is 6.31. The summed E-state index contributed by atoms with van der Waals surface area (Å²) >= 11 is 6.00. The van der Waals surface area contributed by atoms with E-state index >= 15 is 0 Å². The molecule has 0 saturated carbocycles. The largest absolute Gasteiger partial charge is 0.353 e. The van der Waals surface area contributed by atoms with Crippen molar-refractivity contribution in [3.05, 3.63) is 64.9 Å². The smallest absolute Gasteiger partial charge is 0.245 e. The van der Waals surface area contributed by atoms with E-state index in [4.69, 9.17) is 11.6 Å². The highest BCUT2D eigenvalue weighted by Crippen LogP contribution is 2.30. The van der Waals surface area contributed by atoms with E-state index in [9.17, 15) is 9.18 Å². The van der Waals surface area contributed by atoms with Gasteiger partial charge in [0.05, 0.1) is 5.02 Å². The van der Waals surface area contributed by atoms with Crippen molar-refractivity contribution < 1.29 is 9.18 Å². The Balaban J connectivity index is 2.32. The molecule has 6 heteroatoms. The predicted octanol–water partition coefficient (Wildman–Crippen LogP) is 3.94. The summed E-state index contributed by atoms with van der Waals surface area (Å²) in [4.78, 5) is 16.9. The number of nitrogens with one attached hydrogen (secondary N) is 1. The number of rotatable bonds is 8. The molecule has 0 saturated heterocycles. The molecule has 1 amide bonds. The van der Waals surface area contributed by atoms with Gasteiger partial charge in [0.15, 0.2) is 0 Å². The highest BCUT2D eigenvalue weighted by Gasteiger charge is 2.35. The van der Waals surface area contributed by atoms with Crippen molar-refractivity contribution in [2.75, 3.05) is 32.1 Å². The van der Waals surface area contributed by atoms with Crippen molar-refractivity contribution in [2.45, 2.75) is 25.9 Å². The lowest BCUT2D eigenvalue weighted by Gasteiger charge is -2.39. The molecule has 0 unspecified atom stereocenters. The van der Waals surface area contributed by atoms with Gasteiger partial charge in [-0.25, -0.2) is 4.39 Å². The average Bonchev–Trinajstić information content (AvgIpc) is 2.62.